The minimum Gasteiger partial charge on any atom is -0.494 e. The van der Waals surface area contributed by atoms with Crippen LogP contribution >= 0.6 is 0 Å². The number of nitrogens with zero attached hydrogens (tertiary/aromatic N) is 2. The monoisotopic (exact) mass is 471 g/mol. The number of nitrogens with one attached hydrogen (secondary N) is 1. The Bertz CT molecular complexity index is 1150. The summed E-state index contributed by atoms with van der Waals surface area (Å²) < 4.78 is 5.57. The molecule has 0 aliphatic carbocycles. The van der Waals surface area contributed by atoms with Gasteiger partial charge in [0, 0.05) is 12.2 Å². The molecule has 3 aromatic rings. The summed E-state index contributed by atoms with van der Waals surface area (Å²) in [4.78, 5) is 42.2. The predicted octanol–water partition coefficient (Wildman–Crippen LogP) is 4.88. The molecule has 3 aromatic carbocycles. The number of carbonyl (C=O) groups excluding carboxylic acids is 3. The molecule has 1 atom stereocenters. The Morgan fingerprint density at radius 2 is 1.57 bits per heavy atom. The molecular formula is C28H29N3O4. The van der Waals surface area contributed by atoms with Crippen LogP contribution in [0.25, 0.3) is 0 Å². The second-order valence-corrected chi connectivity index (χ2v) is 8.36. The van der Waals surface area contributed by atoms with Crippen LogP contribution in [0.3, 0.4) is 0 Å². The molecule has 1 N–H and O–H groups in total. The lowest BCUT2D eigenvalue weighted by molar-refractivity contribution is -0.124. The number of hydrogen-bond donors (Lipinski definition) is 1. The van der Waals surface area contributed by atoms with Crippen molar-refractivity contribution < 1.29 is 19.1 Å². The van der Waals surface area contributed by atoms with Gasteiger partial charge in [0.25, 0.3) is 5.91 Å². The lowest BCUT2D eigenvalue weighted by Crippen LogP contribution is -2.39. The second-order valence-electron chi connectivity index (χ2n) is 8.36. The van der Waals surface area contributed by atoms with E-state index in [0.29, 0.717) is 30.9 Å². The molecule has 7 nitrogen and oxygen atoms in total. The maximum atomic E-state index is 13.3. The van der Waals surface area contributed by atoms with Crippen molar-refractivity contribution in [2.24, 2.45) is 0 Å². The molecule has 180 valence electrons. The van der Waals surface area contributed by atoms with Crippen LogP contribution in [0.4, 0.5) is 16.2 Å². The number of ether oxygens (including phenoxy) is 1. The molecule has 0 bridgehead atoms. The first-order valence-electron chi connectivity index (χ1n) is 11.8. The standard InChI is InChI=1S/C28H29N3O4/c1-2-19-35-24-15-13-22(14-16-24)29-26(32)20-25-27(33)31(23-11-7-4-8-12-23)28(34)30(25)18-17-21-9-5-3-6-10-21/h3-16,25H,2,17-20H2,1H3,(H,29,32)/t25-/m0/s1. The van der Waals surface area contributed by atoms with Crippen molar-refractivity contribution in [1.29, 1.82) is 0 Å². The molecule has 0 radical (unpaired) electrons. The maximum absolute atomic E-state index is 13.3. The van der Waals surface area contributed by atoms with E-state index in [0.717, 1.165) is 17.7 Å². The van der Waals surface area contributed by atoms with Gasteiger partial charge in [-0.25, -0.2) is 9.69 Å². The van der Waals surface area contributed by atoms with E-state index < -0.39 is 18.0 Å². The predicted molar refractivity (Wildman–Crippen MR) is 135 cm³/mol. The van der Waals surface area contributed by atoms with Gasteiger partial charge < -0.3 is 15.0 Å². The molecule has 0 aromatic heterocycles. The van der Waals surface area contributed by atoms with Crippen LogP contribution in [0.5, 0.6) is 5.75 Å². The molecule has 0 unspecified atom stereocenters. The number of urea groups is 1. The van der Waals surface area contributed by atoms with Gasteiger partial charge in [-0.15, -0.1) is 0 Å². The van der Waals surface area contributed by atoms with E-state index in [4.69, 9.17) is 4.74 Å². The molecule has 4 rings (SSSR count). The topological polar surface area (TPSA) is 79.0 Å². The van der Waals surface area contributed by atoms with Crippen molar-refractivity contribution in [3.05, 3.63) is 90.5 Å². The summed E-state index contributed by atoms with van der Waals surface area (Å²) in [5, 5.41) is 2.83. The van der Waals surface area contributed by atoms with E-state index in [-0.39, 0.29) is 12.3 Å². The van der Waals surface area contributed by atoms with Crippen LogP contribution in [-0.2, 0) is 16.0 Å². The Hall–Kier alpha value is -4.13. The highest BCUT2D eigenvalue weighted by Crippen LogP contribution is 2.27. The van der Waals surface area contributed by atoms with Gasteiger partial charge in [0.05, 0.1) is 18.7 Å². The maximum Gasteiger partial charge on any atom is 0.332 e. The van der Waals surface area contributed by atoms with Crippen LogP contribution < -0.4 is 15.0 Å². The van der Waals surface area contributed by atoms with Crippen molar-refractivity contribution in [2.45, 2.75) is 32.2 Å². The molecule has 1 heterocycles. The highest BCUT2D eigenvalue weighted by Gasteiger charge is 2.46. The molecule has 4 amide bonds. The summed E-state index contributed by atoms with van der Waals surface area (Å²) >= 11 is 0. The van der Waals surface area contributed by atoms with Crippen molar-refractivity contribution >= 4 is 29.2 Å². The van der Waals surface area contributed by atoms with E-state index in [2.05, 4.69) is 5.32 Å². The highest BCUT2D eigenvalue weighted by atomic mass is 16.5. The van der Waals surface area contributed by atoms with Gasteiger partial charge in [0.1, 0.15) is 11.8 Å². The molecule has 0 saturated carbocycles. The number of amides is 4. The third kappa shape index (κ3) is 5.87. The molecule has 1 aliphatic rings. The van der Waals surface area contributed by atoms with Gasteiger partial charge in [0.2, 0.25) is 5.91 Å². The zero-order chi connectivity index (χ0) is 24.6. The summed E-state index contributed by atoms with van der Waals surface area (Å²) in [6, 6.07) is 24.4. The lowest BCUT2D eigenvalue weighted by atomic mass is 10.1. The van der Waals surface area contributed by atoms with Crippen molar-refractivity contribution in [1.82, 2.24) is 4.90 Å². The fourth-order valence-electron chi connectivity index (χ4n) is 4.04. The molecule has 35 heavy (non-hydrogen) atoms. The summed E-state index contributed by atoms with van der Waals surface area (Å²) in [5.41, 5.74) is 2.16. The number of benzene rings is 3. The summed E-state index contributed by atoms with van der Waals surface area (Å²) in [6.45, 7) is 2.99. The summed E-state index contributed by atoms with van der Waals surface area (Å²) in [6.07, 6.45) is 1.37. The molecule has 7 heteroatoms. The number of hydrogen-bond acceptors (Lipinski definition) is 4. The molecule has 0 spiro atoms. The fraction of sp³-hybridized carbons (Fsp3) is 0.250. The SMILES string of the molecule is CCCOc1ccc(NC(=O)C[C@H]2C(=O)N(c3ccccc3)C(=O)N2CCc2ccccc2)cc1. The average Bonchev–Trinajstić information content (AvgIpc) is 3.11. The minimum absolute atomic E-state index is 0.128. The third-order valence-electron chi connectivity index (χ3n) is 5.81. The largest absolute Gasteiger partial charge is 0.494 e. The first-order valence-corrected chi connectivity index (χ1v) is 11.8. The Kier molecular flexibility index (Phi) is 7.77. The van der Waals surface area contributed by atoms with E-state index in [9.17, 15) is 14.4 Å². The quantitative estimate of drug-likeness (QED) is 0.427. The highest BCUT2D eigenvalue weighted by molar-refractivity contribution is 6.22. The Morgan fingerprint density at radius 1 is 0.914 bits per heavy atom. The minimum atomic E-state index is -0.876. The summed E-state index contributed by atoms with van der Waals surface area (Å²) in [5.74, 6) is -0.00210. The average molecular weight is 472 g/mol. The zero-order valence-electron chi connectivity index (χ0n) is 19.7. The van der Waals surface area contributed by atoms with Gasteiger partial charge in [-0.1, -0.05) is 55.5 Å². The molecule has 1 fully saturated rings. The first-order chi connectivity index (χ1) is 17.1. The van der Waals surface area contributed by atoms with Gasteiger partial charge in [0.15, 0.2) is 0 Å². The number of anilines is 2. The normalized spacial score (nSPS) is 15.4. The lowest BCUT2D eigenvalue weighted by Gasteiger charge is -2.21. The number of imide groups is 1. The van der Waals surface area contributed by atoms with Gasteiger partial charge in [-0.2, -0.15) is 0 Å². The number of carbonyl (C=O) groups is 3. The van der Waals surface area contributed by atoms with Crippen molar-refractivity contribution in [3.63, 3.8) is 0 Å². The molecule has 1 saturated heterocycles. The van der Waals surface area contributed by atoms with Crippen LogP contribution in [0.1, 0.15) is 25.3 Å². The fourth-order valence-corrected chi connectivity index (χ4v) is 4.04. The Labute approximate surface area is 205 Å². The first kappa shape index (κ1) is 24.0. The molecular weight excluding hydrogens is 442 g/mol. The van der Waals surface area contributed by atoms with E-state index in [1.807, 2.05) is 43.3 Å². The van der Waals surface area contributed by atoms with Gasteiger partial charge >= 0.3 is 6.03 Å². The van der Waals surface area contributed by atoms with Crippen LogP contribution in [0, 0.1) is 0 Å². The Morgan fingerprint density at radius 3 is 2.23 bits per heavy atom. The van der Waals surface area contributed by atoms with Crippen LogP contribution in [-0.4, -0.2) is 41.9 Å². The Balaban J connectivity index is 1.48. The second kappa shape index (κ2) is 11.3. The van der Waals surface area contributed by atoms with Crippen molar-refractivity contribution in [3.8, 4) is 5.75 Å². The smallest absolute Gasteiger partial charge is 0.332 e. The number of rotatable bonds is 10. The van der Waals surface area contributed by atoms with Gasteiger partial charge in [-0.3, -0.25) is 9.59 Å². The molecule has 1 aliphatic heterocycles. The number of para-hydroxylation sites is 1. The van der Waals surface area contributed by atoms with E-state index in [1.54, 1.807) is 48.5 Å². The third-order valence-corrected chi connectivity index (χ3v) is 5.81. The van der Waals surface area contributed by atoms with Crippen LogP contribution in [0.15, 0.2) is 84.9 Å². The van der Waals surface area contributed by atoms with Crippen LogP contribution in [0.2, 0.25) is 0 Å². The van der Waals surface area contributed by atoms with E-state index >= 15 is 0 Å². The summed E-state index contributed by atoms with van der Waals surface area (Å²) in [7, 11) is 0. The van der Waals surface area contributed by atoms with Crippen molar-refractivity contribution in [2.75, 3.05) is 23.4 Å². The zero-order valence-corrected chi connectivity index (χ0v) is 19.7. The van der Waals surface area contributed by atoms with E-state index in [1.165, 1.54) is 9.80 Å². The van der Waals surface area contributed by atoms with Gasteiger partial charge in [-0.05, 0) is 54.8 Å².